The van der Waals surface area contributed by atoms with E-state index in [4.69, 9.17) is 15.7 Å². The number of allylic oxidation sites excluding steroid dienone is 1. The van der Waals surface area contributed by atoms with Crippen LogP contribution in [0.15, 0.2) is 33.7 Å². The molecule has 0 saturated carbocycles. The second kappa shape index (κ2) is 12.2. The van der Waals surface area contributed by atoms with Crippen LogP contribution < -0.4 is 11.1 Å². The molecule has 0 radical (unpaired) electrons. The lowest BCUT2D eigenvalue weighted by Crippen LogP contribution is -2.71. The highest BCUT2D eigenvalue weighted by molar-refractivity contribution is 8.01. The van der Waals surface area contributed by atoms with Crippen LogP contribution in [0, 0.1) is 0 Å². The third-order valence-corrected chi connectivity index (χ3v) is 8.98. The molecule has 3 aliphatic rings. The predicted octanol–water partition coefficient (Wildman–Crippen LogP) is -0.448. The molecule has 5 N–H and O–H groups in total. The Kier molecular flexibility index (Phi) is 8.49. The summed E-state index contributed by atoms with van der Waals surface area (Å²) in [5.74, 6) is -3.56. The van der Waals surface area contributed by atoms with Crippen LogP contribution in [0.5, 0.6) is 0 Å². The fourth-order valence-corrected chi connectivity index (χ4v) is 6.98. The van der Waals surface area contributed by atoms with Gasteiger partial charge in [-0.05, 0) is 41.3 Å². The van der Waals surface area contributed by atoms with Crippen LogP contribution in [0.4, 0.5) is 5.13 Å². The number of carboxylic acids is 2. The first-order valence-corrected chi connectivity index (χ1v) is 14.9. The van der Waals surface area contributed by atoms with Gasteiger partial charge < -0.3 is 26.1 Å². The number of oxime groups is 1. The van der Waals surface area contributed by atoms with E-state index < -0.39 is 41.7 Å². The number of anilines is 1. The molecule has 20 heteroatoms. The summed E-state index contributed by atoms with van der Waals surface area (Å²) in [6, 6.07) is -1.03. The van der Waals surface area contributed by atoms with E-state index in [9.17, 15) is 24.3 Å². The van der Waals surface area contributed by atoms with Crippen molar-refractivity contribution < 1.29 is 34.2 Å². The number of hydrogen-bond acceptors (Lipinski definition) is 15. The van der Waals surface area contributed by atoms with Crippen LogP contribution in [-0.4, -0.2) is 103 Å². The fraction of sp³-hybridized carbons (Fsp3) is 0.429. The number of amides is 2. The third-order valence-electron chi connectivity index (χ3n) is 6.05. The van der Waals surface area contributed by atoms with Crippen molar-refractivity contribution in [3.8, 4) is 0 Å². The van der Waals surface area contributed by atoms with Crippen molar-refractivity contribution in [3.05, 3.63) is 29.2 Å². The smallest absolute Gasteiger partial charge is 0.352 e. The monoisotopic (exact) mass is 622 g/mol. The molecular weight excluding hydrogens is 600 g/mol. The normalized spacial score (nSPS) is 22.2. The van der Waals surface area contributed by atoms with Crippen molar-refractivity contribution in [2.75, 3.05) is 17.2 Å². The molecule has 2 aromatic heterocycles. The van der Waals surface area contributed by atoms with Crippen LogP contribution in [0.25, 0.3) is 0 Å². The zero-order valence-electron chi connectivity index (χ0n) is 20.9. The van der Waals surface area contributed by atoms with Gasteiger partial charge in [0, 0.05) is 23.0 Å². The largest absolute Gasteiger partial charge is 0.480 e. The summed E-state index contributed by atoms with van der Waals surface area (Å²) in [6.07, 6.45) is 6.03. The van der Waals surface area contributed by atoms with Crippen LogP contribution in [0.3, 0.4) is 0 Å². The lowest BCUT2D eigenvalue weighted by Gasteiger charge is -2.49. The molecule has 1 saturated heterocycles. The number of β-lactam (4-membered cyclic amide) rings is 1. The van der Waals surface area contributed by atoms with Crippen molar-refractivity contribution in [2.45, 2.75) is 48.5 Å². The highest BCUT2D eigenvalue weighted by atomic mass is 32.2. The number of rotatable bonds is 11. The maximum absolute atomic E-state index is 13.2. The molecule has 2 amide bonds. The van der Waals surface area contributed by atoms with E-state index in [1.165, 1.54) is 11.8 Å². The third kappa shape index (κ3) is 6.17. The van der Waals surface area contributed by atoms with Gasteiger partial charge in [0.05, 0.1) is 0 Å². The Hall–Kier alpha value is -4.04. The van der Waals surface area contributed by atoms with Gasteiger partial charge in [0.1, 0.15) is 29.8 Å². The number of fused-ring (bicyclic) bond motifs is 1. The molecule has 5 rings (SSSR count). The van der Waals surface area contributed by atoms with Gasteiger partial charge in [-0.1, -0.05) is 23.0 Å². The summed E-state index contributed by atoms with van der Waals surface area (Å²) in [6.45, 7) is -0.459. The Morgan fingerprint density at radius 1 is 1.32 bits per heavy atom. The van der Waals surface area contributed by atoms with E-state index >= 15 is 0 Å². The topological polar surface area (TPSA) is 241 Å². The van der Waals surface area contributed by atoms with E-state index in [0.717, 1.165) is 52.1 Å². The van der Waals surface area contributed by atoms with Gasteiger partial charge in [-0.15, -0.1) is 16.9 Å². The Morgan fingerprint density at radius 3 is 2.83 bits per heavy atom. The van der Waals surface area contributed by atoms with Gasteiger partial charge >= 0.3 is 11.9 Å². The molecule has 2 aliphatic heterocycles. The van der Waals surface area contributed by atoms with Gasteiger partial charge in [-0.3, -0.25) is 19.3 Å². The second-order valence-corrected chi connectivity index (χ2v) is 11.6. The molecule has 0 aromatic carbocycles. The number of nitrogens with two attached hydrogens (primary N) is 1. The first-order chi connectivity index (χ1) is 19.7. The van der Waals surface area contributed by atoms with E-state index in [1.807, 2.05) is 12.2 Å². The molecule has 2 aromatic rings. The summed E-state index contributed by atoms with van der Waals surface area (Å²) in [5, 5.41) is 36.0. The summed E-state index contributed by atoms with van der Waals surface area (Å²) in [5.41, 5.74) is 5.65. The highest BCUT2D eigenvalue weighted by Gasteiger charge is 2.54. The minimum atomic E-state index is -1.31. The Bertz CT molecular complexity index is 1470. The van der Waals surface area contributed by atoms with Crippen molar-refractivity contribution >= 4 is 69.7 Å². The molecule has 0 bridgehead atoms. The maximum Gasteiger partial charge on any atom is 0.352 e. The summed E-state index contributed by atoms with van der Waals surface area (Å²) >= 11 is 3.19. The minimum Gasteiger partial charge on any atom is -0.480 e. The molecule has 17 nitrogen and oxygen atoms in total. The van der Waals surface area contributed by atoms with Gasteiger partial charge in [-0.2, -0.15) is 9.36 Å². The van der Waals surface area contributed by atoms with Crippen LogP contribution >= 0.6 is 35.1 Å². The molecule has 1 fully saturated rings. The van der Waals surface area contributed by atoms with Crippen molar-refractivity contribution in [3.63, 3.8) is 0 Å². The number of carbonyl (C=O) groups excluding carboxylic acids is 2. The SMILES string of the molecule is Nc1nc(C(=NOC2C=CCCC2)C(=O)NC2C(=O)N3C(C(=O)O)=C(CSc4nnnn4CC(=O)O)CS[C@H]23)ns1. The van der Waals surface area contributed by atoms with Crippen LogP contribution in [-0.2, 0) is 30.6 Å². The van der Waals surface area contributed by atoms with E-state index in [2.05, 4.69) is 35.4 Å². The quantitative estimate of drug-likeness (QED) is 0.0815. The summed E-state index contributed by atoms with van der Waals surface area (Å²) < 4.78 is 5.12. The van der Waals surface area contributed by atoms with E-state index in [0.29, 0.717) is 5.57 Å². The average molecular weight is 623 g/mol. The minimum absolute atomic E-state index is 0.0552. The molecule has 0 spiro atoms. The number of aliphatic carboxylic acids is 2. The van der Waals surface area contributed by atoms with Gasteiger partial charge in [-0.25, -0.2) is 9.48 Å². The summed E-state index contributed by atoms with van der Waals surface area (Å²) in [7, 11) is 0. The highest BCUT2D eigenvalue weighted by Crippen LogP contribution is 2.41. The molecular formula is C21H22N10O7S3. The number of aromatic nitrogens is 6. The van der Waals surface area contributed by atoms with Crippen molar-refractivity contribution in [1.29, 1.82) is 0 Å². The molecule has 3 atom stereocenters. The molecule has 1 aliphatic carbocycles. The van der Waals surface area contributed by atoms with E-state index in [-0.39, 0.29) is 45.1 Å². The number of tetrazole rings is 1. The van der Waals surface area contributed by atoms with E-state index in [1.54, 1.807) is 0 Å². The first kappa shape index (κ1) is 28.5. The molecule has 216 valence electrons. The predicted molar refractivity (Wildman–Crippen MR) is 145 cm³/mol. The van der Waals surface area contributed by atoms with Gasteiger partial charge in [0.15, 0.2) is 5.13 Å². The lowest BCUT2D eigenvalue weighted by atomic mass is 10.0. The average Bonchev–Trinajstić information content (AvgIpc) is 3.58. The number of nitrogens with one attached hydrogen (secondary N) is 1. The number of carboxylic acid groups (broad SMARTS) is 2. The Balaban J connectivity index is 1.29. The first-order valence-electron chi connectivity index (χ1n) is 12.0. The van der Waals surface area contributed by atoms with Crippen LogP contribution in [0.2, 0.25) is 0 Å². The second-order valence-electron chi connectivity index (χ2n) is 8.82. The number of thioether (sulfide) groups is 2. The number of nitrogen functional groups attached to an aromatic ring is 1. The standard InChI is InChI=1S/C21H22N10O7S3/c22-20-24-15(27-41-20)12(26-38-10-4-2-1-3-5-10)16(34)23-13-17(35)31-14(19(36)37)9(7-39-18(13)31)8-40-21-25-28-29-30(21)6-11(32)33/h2,4,10,13,18H,1,3,5-8H2,(H,23,34)(H,32,33)(H,36,37)(H2,22,24,27)/t10?,13?,18-/m1/s1. The maximum atomic E-state index is 13.2. The molecule has 2 unspecified atom stereocenters. The Labute approximate surface area is 243 Å². The van der Waals surface area contributed by atoms with Crippen molar-refractivity contribution in [2.24, 2.45) is 5.16 Å². The number of hydrogen-bond donors (Lipinski definition) is 4. The zero-order chi connectivity index (χ0) is 29.1. The van der Waals surface area contributed by atoms with Gasteiger partial charge in [0.25, 0.3) is 11.8 Å². The number of carbonyl (C=O) groups is 4. The fourth-order valence-electron chi connectivity index (χ4n) is 4.19. The van der Waals surface area contributed by atoms with Crippen molar-refractivity contribution in [1.82, 2.24) is 39.8 Å². The lowest BCUT2D eigenvalue weighted by molar-refractivity contribution is -0.150. The van der Waals surface area contributed by atoms with Crippen LogP contribution in [0.1, 0.15) is 25.1 Å². The molecule has 4 heterocycles. The Morgan fingerprint density at radius 2 is 2.15 bits per heavy atom. The summed E-state index contributed by atoms with van der Waals surface area (Å²) in [4.78, 5) is 60.2. The number of nitrogens with zero attached hydrogens (tertiary/aromatic N) is 8. The van der Waals surface area contributed by atoms with Gasteiger partial charge in [0.2, 0.25) is 16.7 Å². The molecule has 41 heavy (non-hydrogen) atoms. The zero-order valence-corrected chi connectivity index (χ0v) is 23.4.